The molecule has 11 nitrogen and oxygen atoms in total. The zero-order valence-electron chi connectivity index (χ0n) is 13.8. The number of hydrogen-bond acceptors (Lipinski definition) is 8. The van der Waals surface area contributed by atoms with Crippen molar-refractivity contribution in [2.75, 3.05) is 17.7 Å². The maximum atomic E-state index is 12.5. The van der Waals surface area contributed by atoms with E-state index in [1.165, 1.54) is 19.2 Å². The highest BCUT2D eigenvalue weighted by Crippen LogP contribution is 2.29. The van der Waals surface area contributed by atoms with Crippen LogP contribution in [0.25, 0.3) is 11.0 Å². The van der Waals surface area contributed by atoms with E-state index in [1.807, 2.05) is 0 Å². The van der Waals surface area contributed by atoms with Gasteiger partial charge in [-0.05, 0) is 23.5 Å². The quantitative estimate of drug-likeness (QED) is 0.497. The first-order valence-corrected chi connectivity index (χ1v) is 8.42. The summed E-state index contributed by atoms with van der Waals surface area (Å²) in [6, 6.07) is 2.96. The molecule has 0 unspecified atom stereocenters. The van der Waals surface area contributed by atoms with Crippen molar-refractivity contribution in [1.82, 2.24) is 14.5 Å². The number of anilines is 2. The Kier molecular flexibility index (Phi) is 4.92. The number of nitrogens with zero attached hydrogens (tertiary/aromatic N) is 4. The summed E-state index contributed by atoms with van der Waals surface area (Å²) in [5, 5.41) is 15.6. The van der Waals surface area contributed by atoms with Crippen molar-refractivity contribution >= 4 is 62.1 Å². The van der Waals surface area contributed by atoms with E-state index >= 15 is 0 Å². The molecule has 2 aromatic heterocycles. The molecule has 27 heavy (non-hydrogen) atoms. The second kappa shape index (κ2) is 7.17. The molecule has 0 aliphatic heterocycles. The van der Waals surface area contributed by atoms with Crippen molar-refractivity contribution < 1.29 is 19.2 Å². The van der Waals surface area contributed by atoms with E-state index in [1.54, 1.807) is 11.6 Å². The number of halogens is 1. The van der Waals surface area contributed by atoms with E-state index in [9.17, 15) is 19.7 Å². The van der Waals surface area contributed by atoms with Crippen LogP contribution < -0.4 is 10.6 Å². The van der Waals surface area contributed by atoms with Gasteiger partial charge >= 0.3 is 11.1 Å². The highest BCUT2D eigenvalue weighted by Gasteiger charge is 2.19. The number of thiazole rings is 1. The number of nitro groups is 1. The Bertz CT molecular complexity index is 1080. The van der Waals surface area contributed by atoms with Crippen LogP contribution in [0.3, 0.4) is 0 Å². The number of hydrogen-bond donors (Lipinski definition) is 2. The summed E-state index contributed by atoms with van der Waals surface area (Å²) < 4.78 is 6.10. The molecule has 3 aromatic rings. The zero-order valence-corrected chi connectivity index (χ0v) is 15.4. The molecule has 2 amide bonds. The van der Waals surface area contributed by atoms with Crippen LogP contribution in [-0.2, 0) is 11.8 Å². The Hall–Kier alpha value is -3.25. The number of carbonyl (C=O) groups excluding carboxylic acids is 2. The van der Waals surface area contributed by atoms with Gasteiger partial charge in [-0.15, -0.1) is 0 Å². The van der Waals surface area contributed by atoms with Gasteiger partial charge in [0, 0.05) is 7.05 Å². The molecule has 0 saturated heterocycles. The van der Waals surface area contributed by atoms with Gasteiger partial charge < -0.3 is 9.30 Å². The van der Waals surface area contributed by atoms with Crippen molar-refractivity contribution in [2.45, 2.75) is 0 Å². The lowest BCUT2D eigenvalue weighted by atomic mass is 10.2. The summed E-state index contributed by atoms with van der Waals surface area (Å²) in [5.41, 5.74) is 1.08. The minimum absolute atomic E-state index is 0.0666. The molecule has 1 aromatic carbocycles. The van der Waals surface area contributed by atoms with Gasteiger partial charge in [0.2, 0.25) is 5.95 Å². The highest BCUT2D eigenvalue weighted by molar-refractivity contribution is 7.18. The van der Waals surface area contributed by atoms with E-state index in [0.717, 1.165) is 17.5 Å². The molecular formula is C14H11ClN6O5S. The fourth-order valence-corrected chi connectivity index (χ4v) is 3.08. The van der Waals surface area contributed by atoms with Gasteiger partial charge in [0.15, 0.2) is 5.13 Å². The number of rotatable bonds is 4. The van der Waals surface area contributed by atoms with Gasteiger partial charge in [-0.3, -0.25) is 25.5 Å². The predicted octanol–water partition coefficient (Wildman–Crippen LogP) is 3.02. The molecule has 0 atom stereocenters. The van der Waals surface area contributed by atoms with Gasteiger partial charge in [-0.25, -0.2) is 14.8 Å². The fraction of sp³-hybridized carbons (Fsp3) is 0.143. The van der Waals surface area contributed by atoms with E-state index in [-0.39, 0.29) is 26.7 Å². The van der Waals surface area contributed by atoms with Gasteiger partial charge in [0.25, 0.3) is 5.91 Å². The van der Waals surface area contributed by atoms with Crippen LogP contribution in [0.2, 0.25) is 5.02 Å². The normalized spacial score (nSPS) is 10.6. The zero-order chi connectivity index (χ0) is 19.7. The van der Waals surface area contributed by atoms with Gasteiger partial charge in [0.05, 0.1) is 33.7 Å². The van der Waals surface area contributed by atoms with E-state index in [4.69, 9.17) is 11.6 Å². The number of aryl methyl sites for hydroxylation is 1. The number of carbonyl (C=O) groups is 2. The summed E-state index contributed by atoms with van der Waals surface area (Å²) in [7, 11) is 2.88. The maximum Gasteiger partial charge on any atom is 0.413 e. The molecule has 0 radical (unpaired) electrons. The number of methoxy groups -OCH3 is 1. The second-order valence-corrected chi connectivity index (χ2v) is 6.56. The summed E-state index contributed by atoms with van der Waals surface area (Å²) in [4.78, 5) is 41.9. The van der Waals surface area contributed by atoms with E-state index in [0.29, 0.717) is 11.0 Å². The third-order valence-corrected chi connectivity index (χ3v) is 4.68. The lowest BCUT2D eigenvalue weighted by Gasteiger charge is -2.05. The smallest absolute Gasteiger partial charge is 0.413 e. The first-order chi connectivity index (χ1) is 12.8. The van der Waals surface area contributed by atoms with Crippen molar-refractivity contribution in [3.05, 3.63) is 39.0 Å². The standard InChI is InChI=1S/C14H11ClN6O5S/c1-20-9-4-7(15)6(3-8(9)17-12(20)19-14(23)26-2)11(22)18-13-16-5-10(27-13)21(24)25/h3-5H,1-2H3,(H,16,18,22)(H,17,19,23). The number of imidazole rings is 1. The molecule has 2 heterocycles. The molecule has 3 rings (SSSR count). The summed E-state index contributed by atoms with van der Waals surface area (Å²) in [6.45, 7) is 0. The average molecular weight is 411 g/mol. The third-order valence-electron chi connectivity index (χ3n) is 3.51. The van der Waals surface area contributed by atoms with E-state index in [2.05, 4.69) is 25.3 Å². The first kappa shape index (κ1) is 18.5. The minimum atomic E-state index is -0.692. The lowest BCUT2D eigenvalue weighted by molar-refractivity contribution is -0.380. The first-order valence-electron chi connectivity index (χ1n) is 7.22. The van der Waals surface area contributed by atoms with Crippen LogP contribution in [0, 0.1) is 10.1 Å². The third kappa shape index (κ3) is 3.66. The number of fused-ring (bicyclic) bond motifs is 1. The van der Waals surface area contributed by atoms with Crippen LogP contribution in [0.4, 0.5) is 20.9 Å². The SMILES string of the molecule is COC(=O)Nc1nc2cc(C(=O)Nc3ncc([N+](=O)[O-])s3)c(Cl)cc2n1C. The predicted molar refractivity (Wildman–Crippen MR) is 98.5 cm³/mol. The molecule has 0 saturated carbocycles. The van der Waals surface area contributed by atoms with Crippen LogP contribution in [0.5, 0.6) is 0 Å². The Morgan fingerprint density at radius 1 is 1.37 bits per heavy atom. The Morgan fingerprint density at radius 2 is 2.11 bits per heavy atom. The number of amides is 2. The molecular weight excluding hydrogens is 400 g/mol. The number of ether oxygens (including phenoxy) is 1. The van der Waals surface area contributed by atoms with Crippen LogP contribution in [0.1, 0.15) is 10.4 Å². The van der Waals surface area contributed by atoms with Gasteiger partial charge in [0.1, 0.15) is 6.20 Å². The summed E-state index contributed by atoms with van der Waals surface area (Å²) in [6.07, 6.45) is 0.358. The van der Waals surface area contributed by atoms with Gasteiger partial charge in [-0.2, -0.15) is 0 Å². The van der Waals surface area contributed by atoms with Gasteiger partial charge in [-0.1, -0.05) is 11.6 Å². The number of nitrogens with one attached hydrogen (secondary N) is 2. The van der Waals surface area contributed by atoms with Crippen molar-refractivity contribution in [1.29, 1.82) is 0 Å². The minimum Gasteiger partial charge on any atom is -0.453 e. The summed E-state index contributed by atoms with van der Waals surface area (Å²) in [5.74, 6) is -0.389. The average Bonchev–Trinajstić information content (AvgIpc) is 3.20. The number of benzene rings is 1. The summed E-state index contributed by atoms with van der Waals surface area (Å²) >= 11 is 6.92. The Morgan fingerprint density at radius 3 is 2.74 bits per heavy atom. The van der Waals surface area contributed by atoms with E-state index < -0.39 is 16.9 Å². The topological polar surface area (TPSA) is 141 Å². The molecule has 2 N–H and O–H groups in total. The van der Waals surface area contributed by atoms with Crippen LogP contribution in [-0.4, -0.2) is 38.6 Å². The lowest BCUT2D eigenvalue weighted by Crippen LogP contribution is -2.14. The molecule has 0 aliphatic rings. The molecule has 140 valence electrons. The highest BCUT2D eigenvalue weighted by atomic mass is 35.5. The molecule has 0 bridgehead atoms. The largest absolute Gasteiger partial charge is 0.453 e. The van der Waals surface area contributed by atoms with Crippen molar-refractivity contribution in [2.24, 2.45) is 7.05 Å². The molecule has 13 heteroatoms. The van der Waals surface area contributed by atoms with Crippen molar-refractivity contribution in [3.63, 3.8) is 0 Å². The Labute approximate surface area is 160 Å². The van der Waals surface area contributed by atoms with Crippen LogP contribution in [0.15, 0.2) is 18.3 Å². The monoisotopic (exact) mass is 410 g/mol. The Balaban J connectivity index is 1.91. The van der Waals surface area contributed by atoms with Crippen LogP contribution >= 0.6 is 22.9 Å². The fourth-order valence-electron chi connectivity index (χ4n) is 2.21. The van der Waals surface area contributed by atoms with Crippen molar-refractivity contribution in [3.8, 4) is 0 Å². The molecule has 0 aliphatic carbocycles. The second-order valence-electron chi connectivity index (χ2n) is 5.15. The molecule has 0 fully saturated rings. The maximum absolute atomic E-state index is 12.5. The molecule has 0 spiro atoms. The number of aromatic nitrogens is 3.